The van der Waals surface area contributed by atoms with Crippen molar-refractivity contribution in [2.75, 3.05) is 11.5 Å². The monoisotopic (exact) mass is 230 g/mol. The van der Waals surface area contributed by atoms with Crippen LogP contribution in [0.4, 0.5) is 10.1 Å². The highest BCUT2D eigenvalue weighted by Crippen LogP contribution is 2.15. The number of hydrogen-bond acceptors (Lipinski definition) is 3. The van der Waals surface area contributed by atoms with E-state index in [2.05, 4.69) is 0 Å². The van der Waals surface area contributed by atoms with Crippen LogP contribution in [0, 0.1) is 5.82 Å². The third-order valence-corrected chi connectivity index (χ3v) is 3.12. The van der Waals surface area contributed by atoms with E-state index in [1.807, 2.05) is 0 Å². The van der Waals surface area contributed by atoms with Crippen molar-refractivity contribution < 1.29 is 13.4 Å². The molecule has 4 nitrogen and oxygen atoms in total. The average molecular weight is 230 g/mol. The summed E-state index contributed by atoms with van der Waals surface area (Å²) in [7, 11) is -1.42. The summed E-state index contributed by atoms with van der Waals surface area (Å²) in [6.07, 6.45) is 0.0125. The van der Waals surface area contributed by atoms with Gasteiger partial charge in [-0.2, -0.15) is 0 Å². The lowest BCUT2D eigenvalue weighted by atomic mass is 10.3. The van der Waals surface area contributed by atoms with Gasteiger partial charge in [-0.05, 0) is 18.2 Å². The van der Waals surface area contributed by atoms with E-state index in [9.17, 15) is 13.4 Å². The minimum Gasteiger partial charge on any atom is -0.396 e. The number of carbonyl (C=O) groups is 1. The molecule has 0 aliphatic carbocycles. The van der Waals surface area contributed by atoms with Crippen molar-refractivity contribution in [3.8, 4) is 0 Å². The predicted octanol–water partition coefficient (Wildman–Crippen LogP) is 0.391. The molecule has 1 unspecified atom stereocenters. The second-order valence-electron chi connectivity index (χ2n) is 2.95. The fourth-order valence-electron chi connectivity index (χ4n) is 0.961. The van der Waals surface area contributed by atoms with Gasteiger partial charge in [0.1, 0.15) is 5.82 Å². The summed E-state index contributed by atoms with van der Waals surface area (Å²) in [4.78, 5) is 10.8. The van der Waals surface area contributed by atoms with Gasteiger partial charge in [0.2, 0.25) is 5.91 Å². The molecule has 0 aliphatic heterocycles. The van der Waals surface area contributed by atoms with Crippen LogP contribution in [-0.2, 0) is 15.6 Å². The molecule has 0 aliphatic rings. The van der Waals surface area contributed by atoms with Crippen LogP contribution in [0.25, 0.3) is 0 Å². The Morgan fingerprint density at radius 3 is 2.67 bits per heavy atom. The van der Waals surface area contributed by atoms with Crippen LogP contribution in [0.15, 0.2) is 23.1 Å². The maximum absolute atomic E-state index is 13.0. The first-order valence-electron chi connectivity index (χ1n) is 4.22. The number of hydrogen-bond donors (Lipinski definition) is 2. The average Bonchev–Trinajstić information content (AvgIpc) is 2.18. The Kier molecular flexibility index (Phi) is 3.79. The first kappa shape index (κ1) is 11.6. The molecule has 0 saturated carbocycles. The van der Waals surface area contributed by atoms with Crippen LogP contribution < -0.4 is 11.5 Å². The van der Waals surface area contributed by atoms with Crippen LogP contribution in [-0.4, -0.2) is 15.9 Å². The van der Waals surface area contributed by atoms with Crippen molar-refractivity contribution >= 4 is 22.4 Å². The molecule has 82 valence electrons. The lowest BCUT2D eigenvalue weighted by Crippen LogP contribution is -2.14. The summed E-state index contributed by atoms with van der Waals surface area (Å²) in [5.74, 6) is -1.04. The molecule has 1 rings (SSSR count). The molecule has 0 bridgehead atoms. The molecule has 0 saturated heterocycles. The van der Waals surface area contributed by atoms with Crippen molar-refractivity contribution in [2.45, 2.75) is 11.3 Å². The van der Waals surface area contributed by atoms with E-state index in [1.54, 1.807) is 0 Å². The van der Waals surface area contributed by atoms with Gasteiger partial charge in [-0.25, -0.2) is 4.39 Å². The van der Waals surface area contributed by atoms with Gasteiger partial charge in [0.15, 0.2) is 0 Å². The smallest absolute Gasteiger partial charge is 0.218 e. The Bertz CT molecular complexity index is 409. The number of anilines is 1. The van der Waals surface area contributed by atoms with Gasteiger partial charge >= 0.3 is 0 Å². The van der Waals surface area contributed by atoms with E-state index in [4.69, 9.17) is 11.5 Å². The second kappa shape index (κ2) is 4.88. The van der Waals surface area contributed by atoms with Gasteiger partial charge in [0, 0.05) is 17.1 Å². The van der Waals surface area contributed by atoms with Gasteiger partial charge in [0.05, 0.1) is 16.5 Å². The summed E-state index contributed by atoms with van der Waals surface area (Å²) in [6.45, 7) is 0. The molecule has 4 N–H and O–H groups in total. The lowest BCUT2D eigenvalue weighted by molar-refractivity contribution is -0.117. The molecule has 0 aromatic heterocycles. The van der Waals surface area contributed by atoms with E-state index in [-0.39, 0.29) is 17.9 Å². The van der Waals surface area contributed by atoms with E-state index >= 15 is 0 Å². The molecule has 1 atom stereocenters. The van der Waals surface area contributed by atoms with Crippen molar-refractivity contribution in [1.82, 2.24) is 0 Å². The number of nitrogen functional groups attached to an aromatic ring is 1. The Morgan fingerprint density at radius 1 is 1.47 bits per heavy atom. The number of nitrogens with two attached hydrogens (primary N) is 2. The van der Waals surface area contributed by atoms with Crippen LogP contribution in [0.2, 0.25) is 0 Å². The molecular formula is C9H11FN2O2S. The normalized spacial score (nSPS) is 12.3. The lowest BCUT2D eigenvalue weighted by Gasteiger charge is -2.02. The Morgan fingerprint density at radius 2 is 2.13 bits per heavy atom. The molecule has 15 heavy (non-hydrogen) atoms. The quantitative estimate of drug-likeness (QED) is 0.734. The Labute approximate surface area is 88.9 Å². The van der Waals surface area contributed by atoms with Gasteiger partial charge < -0.3 is 11.5 Å². The first-order chi connectivity index (χ1) is 7.00. The van der Waals surface area contributed by atoms with Crippen LogP contribution in [0.5, 0.6) is 0 Å². The van der Waals surface area contributed by atoms with Gasteiger partial charge in [-0.1, -0.05) is 0 Å². The molecule has 1 aromatic rings. The van der Waals surface area contributed by atoms with Gasteiger partial charge in [-0.3, -0.25) is 9.00 Å². The summed E-state index contributed by atoms with van der Waals surface area (Å²) < 4.78 is 24.5. The zero-order valence-electron chi connectivity index (χ0n) is 7.90. The molecule has 0 fully saturated rings. The van der Waals surface area contributed by atoms with E-state index in [0.717, 1.165) is 6.07 Å². The molecule has 0 radical (unpaired) electrons. The number of rotatable bonds is 4. The summed E-state index contributed by atoms with van der Waals surface area (Å²) in [5, 5.41) is 0. The van der Waals surface area contributed by atoms with E-state index < -0.39 is 22.5 Å². The van der Waals surface area contributed by atoms with Crippen LogP contribution >= 0.6 is 0 Å². The highest BCUT2D eigenvalue weighted by Gasteiger charge is 2.08. The van der Waals surface area contributed by atoms with Gasteiger partial charge in [-0.15, -0.1) is 0 Å². The van der Waals surface area contributed by atoms with Gasteiger partial charge in [0.25, 0.3) is 0 Å². The highest BCUT2D eigenvalue weighted by molar-refractivity contribution is 7.85. The zero-order valence-corrected chi connectivity index (χ0v) is 8.72. The molecular weight excluding hydrogens is 219 g/mol. The van der Waals surface area contributed by atoms with Crippen molar-refractivity contribution in [3.63, 3.8) is 0 Å². The van der Waals surface area contributed by atoms with Crippen LogP contribution in [0.1, 0.15) is 6.42 Å². The first-order valence-corrected chi connectivity index (χ1v) is 5.54. The summed E-state index contributed by atoms with van der Waals surface area (Å²) in [6, 6.07) is 3.91. The van der Waals surface area contributed by atoms with Crippen molar-refractivity contribution in [2.24, 2.45) is 5.73 Å². The number of carbonyl (C=O) groups excluding carboxylic acids is 1. The maximum atomic E-state index is 13.0. The van der Waals surface area contributed by atoms with Crippen molar-refractivity contribution in [3.05, 3.63) is 24.0 Å². The van der Waals surface area contributed by atoms with Crippen LogP contribution in [0.3, 0.4) is 0 Å². The van der Waals surface area contributed by atoms with Crippen molar-refractivity contribution in [1.29, 1.82) is 0 Å². The largest absolute Gasteiger partial charge is 0.396 e. The molecule has 1 aromatic carbocycles. The fraction of sp³-hybridized carbons (Fsp3) is 0.222. The predicted molar refractivity (Wildman–Crippen MR) is 55.9 cm³/mol. The Balaban J connectivity index is 2.74. The van der Waals surface area contributed by atoms with E-state index in [0.29, 0.717) is 4.90 Å². The number of amides is 1. The fourth-order valence-corrected chi connectivity index (χ4v) is 2.04. The second-order valence-corrected chi connectivity index (χ2v) is 4.52. The third kappa shape index (κ3) is 3.32. The summed E-state index contributed by atoms with van der Waals surface area (Å²) in [5.41, 5.74) is 10.2. The third-order valence-electron chi connectivity index (χ3n) is 1.77. The minimum absolute atomic E-state index is 0.00523. The number of primary amides is 1. The minimum atomic E-state index is -1.42. The molecule has 6 heteroatoms. The molecule has 1 amide bonds. The Hall–Kier alpha value is -1.43. The van der Waals surface area contributed by atoms with E-state index in [1.165, 1.54) is 12.1 Å². The number of halogens is 1. The maximum Gasteiger partial charge on any atom is 0.218 e. The topological polar surface area (TPSA) is 86.2 Å². The SMILES string of the molecule is NC(=O)CCS(=O)c1ccc(N)c(F)c1. The zero-order chi connectivity index (χ0) is 11.4. The molecule has 0 spiro atoms. The molecule has 0 heterocycles. The highest BCUT2D eigenvalue weighted by atomic mass is 32.2. The standard InChI is InChI=1S/C9H11FN2O2S/c10-7-5-6(1-2-8(7)11)15(14)4-3-9(12)13/h1-2,5H,3-4,11H2,(H2,12,13). The summed E-state index contributed by atoms with van der Waals surface area (Å²) >= 11 is 0. The number of benzene rings is 1.